The van der Waals surface area contributed by atoms with E-state index in [1.165, 1.54) is 5.56 Å². The molecule has 1 aromatic carbocycles. The summed E-state index contributed by atoms with van der Waals surface area (Å²) in [6.07, 6.45) is 3.23. The molecule has 25 heavy (non-hydrogen) atoms. The van der Waals surface area contributed by atoms with Gasteiger partial charge in [0.2, 0.25) is 5.95 Å². The lowest BCUT2D eigenvalue weighted by atomic mass is 10.1. The summed E-state index contributed by atoms with van der Waals surface area (Å²) < 4.78 is 0. The molecular weight excluding hydrogens is 314 g/mol. The van der Waals surface area contributed by atoms with Gasteiger partial charge in [0.05, 0.1) is 6.10 Å². The molecule has 2 heterocycles. The van der Waals surface area contributed by atoms with Crippen LogP contribution in [-0.4, -0.2) is 59.7 Å². The van der Waals surface area contributed by atoms with E-state index >= 15 is 0 Å². The Kier molecular flexibility index (Phi) is 5.96. The summed E-state index contributed by atoms with van der Waals surface area (Å²) in [4.78, 5) is 13.5. The first-order valence-electron chi connectivity index (χ1n) is 8.81. The van der Waals surface area contributed by atoms with Gasteiger partial charge in [-0.1, -0.05) is 29.8 Å². The predicted octanol–water partition coefficient (Wildman–Crippen LogP) is 1.36. The van der Waals surface area contributed by atoms with Crippen LogP contribution in [0.2, 0.25) is 0 Å². The van der Waals surface area contributed by atoms with Gasteiger partial charge >= 0.3 is 0 Å². The highest BCUT2D eigenvalue weighted by Crippen LogP contribution is 2.13. The molecule has 0 radical (unpaired) electrons. The quantitative estimate of drug-likeness (QED) is 0.827. The summed E-state index contributed by atoms with van der Waals surface area (Å²) in [6.45, 7) is 7.22. The molecule has 2 aromatic rings. The average molecular weight is 341 g/mol. The third-order valence-corrected chi connectivity index (χ3v) is 4.61. The maximum Gasteiger partial charge on any atom is 0.225 e. The minimum atomic E-state index is -0.508. The Hall–Kier alpha value is -2.02. The summed E-state index contributed by atoms with van der Waals surface area (Å²) in [6, 6.07) is 7.97. The number of nitrogens with one attached hydrogen (secondary N) is 1. The summed E-state index contributed by atoms with van der Waals surface area (Å²) in [5, 5.41) is 13.5. The maximum atomic E-state index is 10.2. The Balaban J connectivity index is 1.46. The van der Waals surface area contributed by atoms with Gasteiger partial charge in [0.1, 0.15) is 0 Å². The van der Waals surface area contributed by atoms with E-state index < -0.39 is 6.10 Å². The van der Waals surface area contributed by atoms with Crippen LogP contribution in [0, 0.1) is 6.92 Å². The van der Waals surface area contributed by atoms with Crippen LogP contribution in [-0.2, 0) is 6.54 Å². The first-order valence-corrected chi connectivity index (χ1v) is 8.81. The second kappa shape index (κ2) is 8.38. The van der Waals surface area contributed by atoms with Gasteiger partial charge in [-0.25, -0.2) is 9.97 Å². The Morgan fingerprint density at radius 1 is 1.08 bits per heavy atom. The van der Waals surface area contributed by atoms with Crippen molar-refractivity contribution < 1.29 is 5.11 Å². The fourth-order valence-electron chi connectivity index (χ4n) is 2.87. The summed E-state index contributed by atoms with van der Waals surface area (Å²) in [5.74, 6) is 0.802. The lowest BCUT2D eigenvalue weighted by Crippen LogP contribution is -2.45. The molecule has 6 heteroatoms. The van der Waals surface area contributed by atoms with Gasteiger partial charge < -0.3 is 20.2 Å². The molecule has 1 atom stereocenters. The predicted molar refractivity (Wildman–Crippen MR) is 99.6 cm³/mol. The highest BCUT2D eigenvalue weighted by Gasteiger charge is 2.16. The molecule has 0 amide bonds. The van der Waals surface area contributed by atoms with Crippen molar-refractivity contribution in [1.82, 2.24) is 20.2 Å². The zero-order valence-corrected chi connectivity index (χ0v) is 15.0. The monoisotopic (exact) mass is 341 g/mol. The number of anilines is 1. The highest BCUT2D eigenvalue weighted by atomic mass is 16.3. The van der Waals surface area contributed by atoms with Crippen LogP contribution in [0.3, 0.4) is 0 Å². The topological polar surface area (TPSA) is 64.5 Å². The Morgan fingerprint density at radius 3 is 2.36 bits per heavy atom. The van der Waals surface area contributed by atoms with Gasteiger partial charge in [0, 0.05) is 57.2 Å². The van der Waals surface area contributed by atoms with E-state index in [9.17, 15) is 5.11 Å². The number of aliphatic hydroxyl groups excluding tert-OH is 1. The number of aliphatic hydroxyl groups is 1. The molecular formula is C19H27N5O. The molecule has 2 N–H and O–H groups in total. The van der Waals surface area contributed by atoms with Crippen LogP contribution in [0.25, 0.3) is 0 Å². The molecule has 0 aliphatic carbocycles. The van der Waals surface area contributed by atoms with Crippen molar-refractivity contribution >= 4 is 5.95 Å². The third-order valence-electron chi connectivity index (χ3n) is 4.61. The highest BCUT2D eigenvalue weighted by molar-refractivity contribution is 5.30. The van der Waals surface area contributed by atoms with E-state index in [2.05, 4.69) is 32.1 Å². The number of aromatic nitrogens is 2. The normalized spacial score (nSPS) is 16.8. The van der Waals surface area contributed by atoms with Gasteiger partial charge in [0.15, 0.2) is 0 Å². The van der Waals surface area contributed by atoms with E-state index in [0.717, 1.165) is 43.3 Å². The number of piperazine rings is 1. The number of hydrogen-bond acceptors (Lipinski definition) is 6. The maximum absolute atomic E-state index is 10.2. The number of rotatable bonds is 6. The lowest BCUT2D eigenvalue weighted by molar-refractivity contribution is 0.174. The zero-order valence-electron chi connectivity index (χ0n) is 15.0. The molecule has 1 unspecified atom stereocenters. The smallest absolute Gasteiger partial charge is 0.225 e. The van der Waals surface area contributed by atoms with E-state index in [1.54, 1.807) is 0 Å². The third kappa shape index (κ3) is 4.98. The van der Waals surface area contributed by atoms with E-state index in [-0.39, 0.29) is 0 Å². The average Bonchev–Trinajstić information content (AvgIpc) is 2.63. The number of hydrogen-bond donors (Lipinski definition) is 2. The summed E-state index contributed by atoms with van der Waals surface area (Å²) >= 11 is 0. The van der Waals surface area contributed by atoms with Gasteiger partial charge in [0.25, 0.3) is 0 Å². The molecule has 1 saturated heterocycles. The molecule has 1 aromatic heterocycles. The van der Waals surface area contributed by atoms with Crippen LogP contribution in [0.5, 0.6) is 0 Å². The SMILES string of the molecule is Cc1ccc(C(O)CNCc2cnc(N3CCN(C)CC3)nc2)cc1. The molecule has 6 nitrogen and oxygen atoms in total. The molecule has 3 rings (SSSR count). The van der Waals surface area contributed by atoms with Crippen molar-refractivity contribution in [3.8, 4) is 0 Å². The molecule has 0 saturated carbocycles. The molecule has 134 valence electrons. The molecule has 1 aliphatic heterocycles. The van der Waals surface area contributed by atoms with Crippen molar-refractivity contribution in [3.63, 3.8) is 0 Å². The molecule has 0 spiro atoms. The van der Waals surface area contributed by atoms with Crippen LogP contribution in [0.1, 0.15) is 22.8 Å². The first-order chi connectivity index (χ1) is 12.1. The van der Waals surface area contributed by atoms with Crippen molar-refractivity contribution in [2.75, 3.05) is 44.7 Å². The fourth-order valence-corrected chi connectivity index (χ4v) is 2.87. The van der Waals surface area contributed by atoms with E-state index in [4.69, 9.17) is 0 Å². The van der Waals surface area contributed by atoms with Crippen LogP contribution in [0.4, 0.5) is 5.95 Å². The van der Waals surface area contributed by atoms with Crippen molar-refractivity contribution in [2.45, 2.75) is 19.6 Å². The Morgan fingerprint density at radius 2 is 1.72 bits per heavy atom. The second-order valence-corrected chi connectivity index (χ2v) is 6.74. The van der Waals surface area contributed by atoms with Crippen LogP contribution >= 0.6 is 0 Å². The largest absolute Gasteiger partial charge is 0.387 e. The van der Waals surface area contributed by atoms with Crippen LogP contribution < -0.4 is 10.2 Å². The van der Waals surface area contributed by atoms with Crippen LogP contribution in [0.15, 0.2) is 36.7 Å². The van der Waals surface area contributed by atoms with Crippen molar-refractivity contribution in [1.29, 1.82) is 0 Å². The number of benzene rings is 1. The van der Waals surface area contributed by atoms with E-state index in [0.29, 0.717) is 13.1 Å². The number of aryl methyl sites for hydroxylation is 1. The van der Waals surface area contributed by atoms with Gasteiger partial charge in [-0.2, -0.15) is 0 Å². The fraction of sp³-hybridized carbons (Fsp3) is 0.474. The van der Waals surface area contributed by atoms with Crippen molar-refractivity contribution in [2.24, 2.45) is 0 Å². The molecule has 0 bridgehead atoms. The minimum Gasteiger partial charge on any atom is -0.387 e. The van der Waals surface area contributed by atoms with E-state index in [1.807, 2.05) is 43.6 Å². The molecule has 1 fully saturated rings. The summed E-state index contributed by atoms with van der Waals surface area (Å²) in [5.41, 5.74) is 3.15. The second-order valence-electron chi connectivity index (χ2n) is 6.74. The van der Waals surface area contributed by atoms with Gasteiger partial charge in [-0.05, 0) is 19.5 Å². The number of nitrogens with zero attached hydrogens (tertiary/aromatic N) is 4. The zero-order chi connectivity index (χ0) is 17.6. The number of likely N-dealkylation sites (N-methyl/N-ethyl adjacent to an activating group) is 1. The standard InChI is InChI=1S/C19H27N5O/c1-15-3-5-17(6-4-15)18(25)14-20-11-16-12-21-19(22-13-16)24-9-7-23(2)8-10-24/h3-6,12-13,18,20,25H,7-11,14H2,1-2H3. The summed E-state index contributed by atoms with van der Waals surface area (Å²) in [7, 11) is 2.14. The lowest BCUT2D eigenvalue weighted by Gasteiger charge is -2.32. The minimum absolute atomic E-state index is 0.503. The van der Waals surface area contributed by atoms with Crippen molar-refractivity contribution in [3.05, 3.63) is 53.3 Å². The first kappa shape index (κ1) is 17.8. The Bertz CT molecular complexity index is 651. The Labute approximate surface area is 149 Å². The van der Waals surface area contributed by atoms with Gasteiger partial charge in [-0.3, -0.25) is 0 Å². The molecule has 1 aliphatic rings. The van der Waals surface area contributed by atoms with Gasteiger partial charge in [-0.15, -0.1) is 0 Å².